The number of thiophene rings is 1. The van der Waals surface area contributed by atoms with Crippen molar-refractivity contribution in [2.24, 2.45) is 11.8 Å². The highest BCUT2D eigenvalue weighted by atomic mass is 32.1. The fraction of sp³-hybridized carbons (Fsp3) is 0.562. The number of carbonyl (C=O) groups is 3. The maximum absolute atomic E-state index is 12.4. The first-order valence-corrected chi connectivity index (χ1v) is 8.73. The van der Waals surface area contributed by atoms with Gasteiger partial charge in [0.15, 0.2) is 0 Å². The normalized spacial score (nSPS) is 20.9. The molecule has 1 saturated carbocycles. The summed E-state index contributed by atoms with van der Waals surface area (Å²) in [4.78, 5) is 37.8. The fourth-order valence-electron chi connectivity index (χ4n) is 2.83. The van der Waals surface area contributed by atoms with Crippen LogP contribution in [0, 0.1) is 11.8 Å². The van der Waals surface area contributed by atoms with Gasteiger partial charge in [-0.05, 0) is 31.7 Å². The SMILES string of the molecule is COC(=O)c1csc(NC(=O)[C@H]2CCCN(C(=O)C3CC3)C2)c1. The second-order valence-electron chi connectivity index (χ2n) is 6.08. The van der Waals surface area contributed by atoms with E-state index in [1.165, 1.54) is 18.4 Å². The molecule has 0 bridgehead atoms. The molecule has 1 saturated heterocycles. The minimum atomic E-state index is -0.416. The van der Waals surface area contributed by atoms with Gasteiger partial charge in [-0.1, -0.05) is 0 Å². The average Bonchev–Trinajstić information content (AvgIpc) is 3.33. The largest absolute Gasteiger partial charge is 0.465 e. The summed E-state index contributed by atoms with van der Waals surface area (Å²) < 4.78 is 4.65. The predicted molar refractivity (Wildman–Crippen MR) is 86.3 cm³/mol. The molecule has 2 amide bonds. The molecule has 23 heavy (non-hydrogen) atoms. The van der Waals surface area contributed by atoms with Gasteiger partial charge in [-0.15, -0.1) is 11.3 Å². The lowest BCUT2D eigenvalue weighted by Gasteiger charge is -2.32. The molecule has 0 spiro atoms. The van der Waals surface area contributed by atoms with E-state index >= 15 is 0 Å². The van der Waals surface area contributed by atoms with E-state index in [4.69, 9.17) is 0 Å². The summed E-state index contributed by atoms with van der Waals surface area (Å²) >= 11 is 1.29. The van der Waals surface area contributed by atoms with Crippen molar-refractivity contribution in [2.45, 2.75) is 25.7 Å². The number of esters is 1. The number of nitrogens with one attached hydrogen (secondary N) is 1. The van der Waals surface area contributed by atoms with Crippen LogP contribution in [0.3, 0.4) is 0 Å². The van der Waals surface area contributed by atoms with E-state index in [1.807, 2.05) is 4.90 Å². The number of amides is 2. The number of hydrogen-bond acceptors (Lipinski definition) is 5. The average molecular weight is 336 g/mol. The van der Waals surface area contributed by atoms with Gasteiger partial charge in [-0.3, -0.25) is 9.59 Å². The fourth-order valence-corrected chi connectivity index (χ4v) is 3.60. The van der Waals surface area contributed by atoms with Crippen molar-refractivity contribution in [1.82, 2.24) is 4.90 Å². The number of likely N-dealkylation sites (tertiary alicyclic amines) is 1. The van der Waals surface area contributed by atoms with E-state index in [-0.39, 0.29) is 23.7 Å². The van der Waals surface area contributed by atoms with E-state index in [2.05, 4.69) is 10.1 Å². The van der Waals surface area contributed by atoms with Crippen molar-refractivity contribution in [2.75, 3.05) is 25.5 Å². The van der Waals surface area contributed by atoms with E-state index in [0.29, 0.717) is 17.1 Å². The van der Waals surface area contributed by atoms with Gasteiger partial charge in [0, 0.05) is 24.4 Å². The van der Waals surface area contributed by atoms with Crippen LogP contribution < -0.4 is 5.32 Å². The Kier molecular flexibility index (Phi) is 4.66. The van der Waals surface area contributed by atoms with E-state index < -0.39 is 5.97 Å². The Morgan fingerprint density at radius 3 is 2.74 bits per heavy atom. The van der Waals surface area contributed by atoms with Gasteiger partial charge in [0.1, 0.15) is 0 Å². The number of piperidine rings is 1. The molecule has 1 aromatic heterocycles. The third-order valence-corrected chi connectivity index (χ3v) is 5.14. The van der Waals surface area contributed by atoms with Crippen molar-refractivity contribution >= 4 is 34.1 Å². The lowest BCUT2D eigenvalue weighted by atomic mass is 9.97. The van der Waals surface area contributed by atoms with Crippen LogP contribution in [0.5, 0.6) is 0 Å². The van der Waals surface area contributed by atoms with Crippen LogP contribution in [0.15, 0.2) is 11.4 Å². The Morgan fingerprint density at radius 2 is 2.04 bits per heavy atom. The third kappa shape index (κ3) is 3.72. The van der Waals surface area contributed by atoms with Crippen molar-refractivity contribution in [3.8, 4) is 0 Å². The lowest BCUT2D eigenvalue weighted by molar-refractivity contribution is -0.135. The lowest BCUT2D eigenvalue weighted by Crippen LogP contribution is -2.44. The topological polar surface area (TPSA) is 75.7 Å². The first-order chi connectivity index (χ1) is 11.1. The van der Waals surface area contributed by atoms with Crippen molar-refractivity contribution in [3.05, 3.63) is 17.0 Å². The third-order valence-electron chi connectivity index (χ3n) is 4.30. The van der Waals surface area contributed by atoms with Crippen LogP contribution in [0.2, 0.25) is 0 Å². The molecule has 1 atom stereocenters. The first kappa shape index (κ1) is 16.0. The van der Waals surface area contributed by atoms with Gasteiger partial charge in [-0.2, -0.15) is 0 Å². The number of nitrogens with zero attached hydrogens (tertiary/aromatic N) is 1. The summed E-state index contributed by atoms with van der Waals surface area (Å²) in [6, 6.07) is 1.62. The zero-order valence-electron chi connectivity index (χ0n) is 13.0. The number of methoxy groups -OCH3 is 1. The van der Waals surface area contributed by atoms with E-state index in [0.717, 1.165) is 32.2 Å². The van der Waals surface area contributed by atoms with E-state index in [9.17, 15) is 14.4 Å². The molecule has 6 nitrogen and oxygen atoms in total. The second-order valence-corrected chi connectivity index (χ2v) is 6.99. The zero-order valence-corrected chi connectivity index (χ0v) is 13.9. The van der Waals surface area contributed by atoms with Crippen LogP contribution >= 0.6 is 11.3 Å². The number of carbonyl (C=O) groups excluding carboxylic acids is 3. The molecule has 2 fully saturated rings. The smallest absolute Gasteiger partial charge is 0.338 e. The number of anilines is 1. The molecular formula is C16H20N2O4S. The summed E-state index contributed by atoms with van der Waals surface area (Å²) in [5, 5.41) is 5.13. The Labute approximate surface area is 138 Å². The molecule has 0 radical (unpaired) electrons. The molecule has 7 heteroatoms. The molecule has 0 unspecified atom stereocenters. The minimum absolute atomic E-state index is 0.0865. The van der Waals surface area contributed by atoms with Gasteiger partial charge in [0.25, 0.3) is 0 Å². The molecule has 2 heterocycles. The molecule has 2 aliphatic rings. The zero-order chi connectivity index (χ0) is 16.4. The Balaban J connectivity index is 1.57. The summed E-state index contributed by atoms with van der Waals surface area (Å²) in [7, 11) is 1.33. The summed E-state index contributed by atoms with van der Waals surface area (Å²) in [5.74, 6) is -0.296. The highest BCUT2D eigenvalue weighted by molar-refractivity contribution is 7.14. The monoisotopic (exact) mass is 336 g/mol. The van der Waals surface area contributed by atoms with Gasteiger partial charge < -0.3 is 15.0 Å². The Hall–Kier alpha value is -1.89. The van der Waals surface area contributed by atoms with Crippen LogP contribution in [0.25, 0.3) is 0 Å². The highest BCUT2D eigenvalue weighted by Gasteiger charge is 2.36. The minimum Gasteiger partial charge on any atom is -0.465 e. The molecule has 1 aliphatic carbocycles. The molecule has 124 valence electrons. The molecule has 1 aliphatic heterocycles. The molecule has 1 aromatic rings. The number of ether oxygens (including phenoxy) is 1. The van der Waals surface area contributed by atoms with Gasteiger partial charge in [0.2, 0.25) is 11.8 Å². The standard InChI is InChI=1S/C16H20N2O4S/c1-22-16(21)12-7-13(23-9-12)17-14(19)11-3-2-6-18(8-11)15(20)10-4-5-10/h7,9-11H,2-6,8H2,1H3,(H,17,19)/t11-/m0/s1. The van der Waals surface area contributed by atoms with Crippen molar-refractivity contribution < 1.29 is 19.1 Å². The summed E-state index contributed by atoms with van der Waals surface area (Å²) in [5.41, 5.74) is 0.432. The van der Waals surface area contributed by atoms with Gasteiger partial charge >= 0.3 is 5.97 Å². The summed E-state index contributed by atoms with van der Waals surface area (Å²) in [6.45, 7) is 1.25. The quantitative estimate of drug-likeness (QED) is 0.855. The van der Waals surface area contributed by atoms with Crippen LogP contribution in [-0.4, -0.2) is 42.9 Å². The maximum atomic E-state index is 12.4. The van der Waals surface area contributed by atoms with E-state index in [1.54, 1.807) is 11.4 Å². The van der Waals surface area contributed by atoms with Crippen molar-refractivity contribution in [3.63, 3.8) is 0 Å². The number of hydrogen-bond donors (Lipinski definition) is 1. The Bertz CT molecular complexity index is 623. The van der Waals surface area contributed by atoms with Gasteiger partial charge in [0.05, 0.1) is 23.6 Å². The molecule has 3 rings (SSSR count). The van der Waals surface area contributed by atoms with Crippen LogP contribution in [-0.2, 0) is 14.3 Å². The molecular weight excluding hydrogens is 316 g/mol. The predicted octanol–water partition coefficient (Wildman–Crippen LogP) is 2.12. The number of rotatable bonds is 4. The van der Waals surface area contributed by atoms with Gasteiger partial charge in [-0.25, -0.2) is 4.79 Å². The first-order valence-electron chi connectivity index (χ1n) is 7.85. The van der Waals surface area contributed by atoms with Crippen LogP contribution in [0.4, 0.5) is 5.00 Å². The van der Waals surface area contributed by atoms with Crippen molar-refractivity contribution in [1.29, 1.82) is 0 Å². The summed E-state index contributed by atoms with van der Waals surface area (Å²) in [6.07, 6.45) is 3.61. The van der Waals surface area contributed by atoms with Crippen LogP contribution in [0.1, 0.15) is 36.0 Å². The second kappa shape index (κ2) is 6.70. The molecule has 0 aromatic carbocycles. The maximum Gasteiger partial charge on any atom is 0.338 e. The molecule has 1 N–H and O–H groups in total. The highest BCUT2D eigenvalue weighted by Crippen LogP contribution is 2.32. The Morgan fingerprint density at radius 1 is 1.26 bits per heavy atom.